The lowest BCUT2D eigenvalue weighted by atomic mass is 9.96. The van der Waals surface area contributed by atoms with Crippen molar-refractivity contribution in [1.82, 2.24) is 10.2 Å². The molecule has 3 N–H and O–H groups in total. The zero-order valence-corrected chi connectivity index (χ0v) is 11.7. The van der Waals surface area contributed by atoms with Gasteiger partial charge in [-0.15, -0.1) is 0 Å². The number of hydrogen-bond acceptors (Lipinski definition) is 3. The second-order valence-electron chi connectivity index (χ2n) is 5.43. The van der Waals surface area contributed by atoms with Gasteiger partial charge >= 0.3 is 6.03 Å². The van der Waals surface area contributed by atoms with Crippen LogP contribution < -0.4 is 5.32 Å². The van der Waals surface area contributed by atoms with E-state index in [1.807, 2.05) is 13.0 Å². The van der Waals surface area contributed by atoms with Crippen LogP contribution in [0.3, 0.4) is 0 Å². The molecule has 110 valence electrons. The van der Waals surface area contributed by atoms with Gasteiger partial charge in [0.2, 0.25) is 0 Å². The quantitative estimate of drug-likeness (QED) is 0.781. The molecule has 2 atom stereocenters. The number of β-amino-alcohol motifs (C(OH)–C–C–N with tert-alkyl or cyclic N) is 1. The number of phenols is 1. The maximum atomic E-state index is 12.0. The molecular formula is C15H22N2O3. The van der Waals surface area contributed by atoms with E-state index < -0.39 is 6.10 Å². The number of aliphatic hydroxyl groups is 1. The minimum Gasteiger partial charge on any atom is -0.508 e. The number of phenolic OH excluding ortho intramolecular Hbond substituents is 1. The molecule has 1 aromatic carbocycles. The number of likely N-dealkylation sites (tertiary alicyclic amines) is 1. The van der Waals surface area contributed by atoms with Crippen molar-refractivity contribution in [3.63, 3.8) is 0 Å². The summed E-state index contributed by atoms with van der Waals surface area (Å²) in [6.45, 7) is 3.61. The Morgan fingerprint density at radius 3 is 3.00 bits per heavy atom. The van der Waals surface area contributed by atoms with E-state index in [1.165, 1.54) is 0 Å². The van der Waals surface area contributed by atoms with Crippen molar-refractivity contribution in [2.24, 2.45) is 5.92 Å². The number of carbonyl (C=O) groups is 1. The van der Waals surface area contributed by atoms with Crippen LogP contribution in [0.15, 0.2) is 24.3 Å². The number of nitrogens with one attached hydrogen (secondary N) is 1. The Hall–Kier alpha value is -1.75. The molecule has 1 aliphatic rings. The molecule has 0 aromatic heterocycles. The molecular weight excluding hydrogens is 256 g/mol. The Balaban J connectivity index is 1.75. The fourth-order valence-corrected chi connectivity index (χ4v) is 2.37. The highest BCUT2D eigenvalue weighted by atomic mass is 16.3. The van der Waals surface area contributed by atoms with Gasteiger partial charge in [0.25, 0.3) is 0 Å². The molecule has 1 aromatic rings. The summed E-state index contributed by atoms with van der Waals surface area (Å²) in [7, 11) is 0. The van der Waals surface area contributed by atoms with Gasteiger partial charge in [-0.1, -0.05) is 19.1 Å². The highest BCUT2D eigenvalue weighted by Gasteiger charge is 2.26. The number of carbonyl (C=O) groups excluding carboxylic acids is 1. The van der Waals surface area contributed by atoms with Gasteiger partial charge in [-0.25, -0.2) is 4.79 Å². The molecule has 2 unspecified atom stereocenters. The lowest BCUT2D eigenvalue weighted by Crippen LogP contribution is -2.49. The van der Waals surface area contributed by atoms with Gasteiger partial charge in [-0.3, -0.25) is 0 Å². The lowest BCUT2D eigenvalue weighted by Gasteiger charge is -2.34. The molecule has 20 heavy (non-hydrogen) atoms. The number of nitrogens with zero attached hydrogens (tertiary/aromatic N) is 1. The molecule has 0 aliphatic carbocycles. The molecule has 5 heteroatoms. The van der Waals surface area contributed by atoms with Gasteiger partial charge in [0.15, 0.2) is 0 Å². The van der Waals surface area contributed by atoms with Gasteiger partial charge in [0, 0.05) is 19.6 Å². The van der Waals surface area contributed by atoms with Crippen LogP contribution in [-0.4, -0.2) is 46.9 Å². The van der Waals surface area contributed by atoms with E-state index in [-0.39, 0.29) is 17.7 Å². The van der Waals surface area contributed by atoms with Crippen molar-refractivity contribution >= 4 is 6.03 Å². The topological polar surface area (TPSA) is 72.8 Å². The average molecular weight is 278 g/mol. The average Bonchev–Trinajstić information content (AvgIpc) is 2.42. The monoisotopic (exact) mass is 278 g/mol. The Labute approximate surface area is 119 Å². The van der Waals surface area contributed by atoms with Crippen molar-refractivity contribution in [1.29, 1.82) is 0 Å². The van der Waals surface area contributed by atoms with Crippen LogP contribution in [0.4, 0.5) is 4.79 Å². The number of aromatic hydroxyl groups is 1. The molecule has 0 saturated carbocycles. The van der Waals surface area contributed by atoms with E-state index in [0.717, 1.165) is 12.0 Å². The Kier molecular flexibility index (Phi) is 4.84. The second-order valence-corrected chi connectivity index (χ2v) is 5.43. The third-order valence-electron chi connectivity index (χ3n) is 3.81. The van der Waals surface area contributed by atoms with Crippen molar-refractivity contribution < 1.29 is 15.0 Å². The van der Waals surface area contributed by atoms with Crippen LogP contribution in [0.25, 0.3) is 0 Å². The Morgan fingerprint density at radius 1 is 1.50 bits per heavy atom. The standard InChI is InChI=1S/C15H22N2O3/c1-11-6-8-17(10-14(11)19)15(20)16-7-5-12-3-2-4-13(18)9-12/h2-4,9,11,14,18-19H,5-8,10H2,1H3,(H,16,20). The first kappa shape index (κ1) is 14.7. The molecule has 2 amide bonds. The summed E-state index contributed by atoms with van der Waals surface area (Å²) in [4.78, 5) is 13.6. The van der Waals surface area contributed by atoms with Crippen LogP contribution in [0.5, 0.6) is 5.75 Å². The van der Waals surface area contributed by atoms with Crippen molar-refractivity contribution in [3.8, 4) is 5.75 Å². The molecule has 0 radical (unpaired) electrons. The molecule has 1 fully saturated rings. The number of amides is 2. The predicted octanol–water partition coefficient (Wildman–Crippen LogP) is 1.35. The Bertz CT molecular complexity index is 464. The zero-order chi connectivity index (χ0) is 14.5. The molecule has 2 rings (SSSR count). The van der Waals surface area contributed by atoms with E-state index in [9.17, 15) is 15.0 Å². The first-order valence-electron chi connectivity index (χ1n) is 7.05. The van der Waals surface area contributed by atoms with Gasteiger partial charge in [0.05, 0.1) is 6.10 Å². The predicted molar refractivity (Wildman–Crippen MR) is 76.6 cm³/mol. The molecule has 0 spiro atoms. The van der Waals surface area contributed by atoms with Crippen LogP contribution in [-0.2, 0) is 6.42 Å². The highest BCUT2D eigenvalue weighted by Crippen LogP contribution is 2.16. The summed E-state index contributed by atoms with van der Waals surface area (Å²) in [6.07, 6.45) is 1.08. The summed E-state index contributed by atoms with van der Waals surface area (Å²) in [6, 6.07) is 6.89. The van der Waals surface area contributed by atoms with Crippen molar-refractivity contribution in [2.45, 2.75) is 25.9 Å². The molecule has 5 nitrogen and oxygen atoms in total. The van der Waals surface area contributed by atoms with Crippen LogP contribution in [0, 0.1) is 5.92 Å². The van der Waals surface area contributed by atoms with E-state index in [2.05, 4.69) is 5.32 Å². The molecule has 1 saturated heterocycles. The van der Waals surface area contributed by atoms with Crippen LogP contribution in [0.1, 0.15) is 18.9 Å². The number of piperidine rings is 1. The minimum atomic E-state index is -0.430. The van der Waals surface area contributed by atoms with E-state index in [4.69, 9.17) is 0 Å². The smallest absolute Gasteiger partial charge is 0.317 e. The summed E-state index contributed by atoms with van der Waals surface area (Å²) in [5.74, 6) is 0.494. The summed E-state index contributed by atoms with van der Waals surface area (Å²) < 4.78 is 0. The molecule has 1 heterocycles. The molecule has 1 aliphatic heterocycles. The lowest BCUT2D eigenvalue weighted by molar-refractivity contribution is 0.0436. The van der Waals surface area contributed by atoms with Gasteiger partial charge < -0.3 is 20.4 Å². The van der Waals surface area contributed by atoms with E-state index in [1.54, 1.807) is 23.1 Å². The van der Waals surface area contributed by atoms with Gasteiger partial charge in [-0.2, -0.15) is 0 Å². The highest BCUT2D eigenvalue weighted by molar-refractivity contribution is 5.74. The zero-order valence-electron chi connectivity index (χ0n) is 11.7. The van der Waals surface area contributed by atoms with Crippen molar-refractivity contribution in [2.75, 3.05) is 19.6 Å². The third-order valence-corrected chi connectivity index (χ3v) is 3.81. The van der Waals surface area contributed by atoms with Gasteiger partial charge in [-0.05, 0) is 36.5 Å². The summed E-state index contributed by atoms with van der Waals surface area (Å²) in [5.41, 5.74) is 0.984. The van der Waals surface area contributed by atoms with Crippen LogP contribution >= 0.6 is 0 Å². The number of benzene rings is 1. The Morgan fingerprint density at radius 2 is 2.30 bits per heavy atom. The normalized spacial score (nSPS) is 22.6. The van der Waals surface area contributed by atoms with Gasteiger partial charge in [0.1, 0.15) is 5.75 Å². The fraction of sp³-hybridized carbons (Fsp3) is 0.533. The first-order chi connectivity index (χ1) is 9.56. The second kappa shape index (κ2) is 6.61. The largest absolute Gasteiger partial charge is 0.508 e. The SMILES string of the molecule is CC1CCN(C(=O)NCCc2cccc(O)c2)CC1O. The van der Waals surface area contributed by atoms with Crippen LogP contribution in [0.2, 0.25) is 0 Å². The first-order valence-corrected chi connectivity index (χ1v) is 7.05. The fourth-order valence-electron chi connectivity index (χ4n) is 2.37. The van der Waals surface area contributed by atoms with Crippen molar-refractivity contribution in [3.05, 3.63) is 29.8 Å². The third kappa shape index (κ3) is 3.87. The summed E-state index contributed by atoms with van der Waals surface area (Å²) >= 11 is 0. The minimum absolute atomic E-state index is 0.129. The molecule has 0 bridgehead atoms. The maximum absolute atomic E-state index is 12.0. The number of aliphatic hydroxyl groups excluding tert-OH is 1. The maximum Gasteiger partial charge on any atom is 0.317 e. The summed E-state index contributed by atoms with van der Waals surface area (Å²) in [5, 5.41) is 22.0. The number of rotatable bonds is 3. The number of hydrogen-bond donors (Lipinski definition) is 3. The van der Waals surface area contributed by atoms with E-state index in [0.29, 0.717) is 26.1 Å². The number of urea groups is 1. The van der Waals surface area contributed by atoms with E-state index >= 15 is 0 Å².